The van der Waals surface area contributed by atoms with Gasteiger partial charge in [0.05, 0.1) is 24.2 Å². The van der Waals surface area contributed by atoms with Gasteiger partial charge in [-0.05, 0) is 36.4 Å². The number of rotatable bonds is 5. The van der Waals surface area contributed by atoms with Gasteiger partial charge in [-0.15, -0.1) is 0 Å². The van der Waals surface area contributed by atoms with E-state index < -0.39 is 5.67 Å². The van der Waals surface area contributed by atoms with E-state index in [9.17, 15) is 4.79 Å². The number of hydrogen-bond donors (Lipinski definition) is 1. The average Bonchev–Trinajstić information content (AvgIpc) is 3.24. The lowest BCUT2D eigenvalue weighted by Crippen LogP contribution is -2.30. The van der Waals surface area contributed by atoms with Crippen molar-refractivity contribution in [3.63, 3.8) is 0 Å². The van der Waals surface area contributed by atoms with Gasteiger partial charge >= 0.3 is 0 Å². The Morgan fingerprint density at radius 1 is 1.03 bits per heavy atom. The maximum absolute atomic E-state index is 15.4. The molecule has 2 aromatic heterocycles. The summed E-state index contributed by atoms with van der Waals surface area (Å²) in [6, 6.07) is 14.0. The van der Waals surface area contributed by atoms with Gasteiger partial charge in [0.25, 0.3) is 0 Å². The smallest absolute Gasteiger partial charge is 0.244 e. The molecular formula is C23H19FN4O3. The third-order valence-corrected chi connectivity index (χ3v) is 5.31. The molecule has 0 radical (unpaired) electrons. The Bertz CT molecular complexity index is 1200. The zero-order chi connectivity index (χ0) is 21.3. The van der Waals surface area contributed by atoms with Gasteiger partial charge in [-0.3, -0.25) is 9.78 Å². The summed E-state index contributed by atoms with van der Waals surface area (Å²) < 4.78 is 26.5. The van der Waals surface area contributed by atoms with Crippen LogP contribution < -0.4 is 4.74 Å². The molecule has 1 aliphatic heterocycles. The van der Waals surface area contributed by atoms with Crippen molar-refractivity contribution < 1.29 is 18.7 Å². The predicted molar refractivity (Wildman–Crippen MR) is 111 cm³/mol. The quantitative estimate of drug-likeness (QED) is 0.485. The number of para-hydroxylation sites is 2. The van der Waals surface area contributed by atoms with Crippen LogP contribution in [0.1, 0.15) is 34.7 Å². The van der Waals surface area contributed by atoms with Crippen LogP contribution in [-0.2, 0) is 10.4 Å². The van der Waals surface area contributed by atoms with Crippen LogP contribution in [0, 0.1) is 0 Å². The highest BCUT2D eigenvalue weighted by Crippen LogP contribution is 2.39. The first-order valence-electron chi connectivity index (χ1n) is 9.98. The lowest BCUT2D eigenvalue weighted by molar-refractivity contribution is -0.0151. The Morgan fingerprint density at radius 2 is 1.77 bits per heavy atom. The average molecular weight is 418 g/mol. The first-order valence-corrected chi connectivity index (χ1v) is 9.98. The molecule has 1 fully saturated rings. The van der Waals surface area contributed by atoms with E-state index in [1.165, 1.54) is 12.4 Å². The van der Waals surface area contributed by atoms with Crippen LogP contribution in [0.25, 0.3) is 11.0 Å². The maximum Gasteiger partial charge on any atom is 0.244 e. The number of aromatic amines is 1. The fourth-order valence-corrected chi connectivity index (χ4v) is 3.62. The molecule has 0 unspecified atom stereocenters. The van der Waals surface area contributed by atoms with Crippen molar-refractivity contribution in [3.8, 4) is 11.6 Å². The van der Waals surface area contributed by atoms with Crippen LogP contribution in [0.5, 0.6) is 11.6 Å². The van der Waals surface area contributed by atoms with E-state index in [2.05, 4.69) is 19.9 Å². The molecule has 156 valence electrons. The second kappa shape index (κ2) is 7.88. The topological polar surface area (TPSA) is 90.0 Å². The van der Waals surface area contributed by atoms with Crippen molar-refractivity contribution in [2.24, 2.45) is 0 Å². The summed E-state index contributed by atoms with van der Waals surface area (Å²) in [7, 11) is 0. The van der Waals surface area contributed by atoms with Crippen molar-refractivity contribution in [2.75, 3.05) is 13.2 Å². The first-order chi connectivity index (χ1) is 15.1. The van der Waals surface area contributed by atoms with Gasteiger partial charge in [0.1, 0.15) is 11.4 Å². The molecule has 1 saturated heterocycles. The Morgan fingerprint density at radius 3 is 2.55 bits per heavy atom. The van der Waals surface area contributed by atoms with Crippen molar-refractivity contribution in [3.05, 3.63) is 78.0 Å². The number of nitrogens with zero attached hydrogens (tertiary/aromatic N) is 3. The zero-order valence-electron chi connectivity index (χ0n) is 16.5. The summed E-state index contributed by atoms with van der Waals surface area (Å²) in [6.45, 7) is 0.649. The van der Waals surface area contributed by atoms with E-state index in [-0.39, 0.29) is 36.0 Å². The number of ether oxygens (including phenoxy) is 2. The highest BCUT2D eigenvalue weighted by molar-refractivity contribution is 6.08. The van der Waals surface area contributed by atoms with Crippen LogP contribution in [0.3, 0.4) is 0 Å². The summed E-state index contributed by atoms with van der Waals surface area (Å²) in [5.41, 5.74) is 0.514. The first kappa shape index (κ1) is 19.3. The number of H-pyrrole nitrogens is 1. The molecule has 0 spiro atoms. The second-order valence-electron chi connectivity index (χ2n) is 7.35. The number of fused-ring (bicyclic) bond motifs is 1. The van der Waals surface area contributed by atoms with Crippen molar-refractivity contribution in [2.45, 2.75) is 18.5 Å². The molecule has 7 nitrogen and oxygen atoms in total. The van der Waals surface area contributed by atoms with E-state index in [1.54, 1.807) is 24.3 Å². The van der Waals surface area contributed by atoms with Gasteiger partial charge in [0.15, 0.2) is 11.5 Å². The summed E-state index contributed by atoms with van der Waals surface area (Å²) in [5.74, 6) is 0.583. The molecule has 0 bridgehead atoms. The number of carbonyl (C=O) groups is 1. The van der Waals surface area contributed by atoms with E-state index >= 15 is 4.39 Å². The standard InChI is InChI=1S/C23H19FN4O3/c24-23(9-13-30-14-10-23)20-22(26-12-11-25-20)31-16-7-5-15(6-8-16)19(29)21-27-17-3-1-2-4-18(17)28-21/h1-8,11-12H,9-10,13-14H2,(H,27,28). The molecule has 8 heteroatoms. The van der Waals surface area contributed by atoms with Gasteiger partial charge < -0.3 is 14.5 Å². The Hall–Kier alpha value is -3.65. The number of alkyl halides is 1. The van der Waals surface area contributed by atoms with Crippen LogP contribution in [-0.4, -0.2) is 38.9 Å². The minimum atomic E-state index is -1.64. The van der Waals surface area contributed by atoms with Crippen molar-refractivity contribution in [1.29, 1.82) is 0 Å². The molecule has 0 aliphatic carbocycles. The predicted octanol–water partition coefficient (Wildman–Crippen LogP) is 4.35. The zero-order valence-corrected chi connectivity index (χ0v) is 16.5. The van der Waals surface area contributed by atoms with Crippen LogP contribution in [0.2, 0.25) is 0 Å². The minimum Gasteiger partial charge on any atom is -0.437 e. The van der Waals surface area contributed by atoms with E-state index in [4.69, 9.17) is 9.47 Å². The van der Waals surface area contributed by atoms with Crippen molar-refractivity contribution >= 4 is 16.8 Å². The SMILES string of the molecule is O=C(c1ccc(Oc2nccnc2C2(F)CCOCC2)cc1)c1nc2ccccc2[nH]1. The van der Waals surface area contributed by atoms with E-state index in [0.717, 1.165) is 11.0 Å². The number of aromatic nitrogens is 4. The van der Waals surface area contributed by atoms with Crippen LogP contribution in [0.4, 0.5) is 4.39 Å². The number of benzene rings is 2. The highest BCUT2D eigenvalue weighted by Gasteiger charge is 2.39. The fraction of sp³-hybridized carbons (Fsp3) is 0.217. The molecule has 0 atom stereocenters. The Balaban J connectivity index is 1.37. The molecular weight excluding hydrogens is 399 g/mol. The number of carbonyl (C=O) groups excluding carboxylic acids is 1. The van der Waals surface area contributed by atoms with E-state index in [0.29, 0.717) is 24.5 Å². The van der Waals surface area contributed by atoms with Crippen LogP contribution >= 0.6 is 0 Å². The Labute approximate surface area is 177 Å². The van der Waals surface area contributed by atoms with E-state index in [1.807, 2.05) is 24.3 Å². The highest BCUT2D eigenvalue weighted by atomic mass is 19.1. The summed E-state index contributed by atoms with van der Waals surface area (Å²) in [4.78, 5) is 28.5. The molecule has 4 aromatic rings. The van der Waals surface area contributed by atoms with Gasteiger partial charge in [0, 0.05) is 30.8 Å². The molecule has 3 heterocycles. The molecule has 0 amide bonds. The van der Waals surface area contributed by atoms with Gasteiger partial charge in [-0.2, -0.15) is 0 Å². The molecule has 1 aliphatic rings. The number of imidazole rings is 1. The third kappa shape index (κ3) is 3.77. The minimum absolute atomic E-state index is 0.114. The number of ketones is 1. The lowest BCUT2D eigenvalue weighted by Gasteiger charge is -2.29. The number of halogens is 1. The normalized spacial score (nSPS) is 15.6. The van der Waals surface area contributed by atoms with Gasteiger partial charge in [-0.25, -0.2) is 14.4 Å². The lowest BCUT2D eigenvalue weighted by atomic mass is 9.92. The van der Waals surface area contributed by atoms with Crippen LogP contribution in [0.15, 0.2) is 60.9 Å². The summed E-state index contributed by atoms with van der Waals surface area (Å²) in [6.07, 6.45) is 3.31. The largest absolute Gasteiger partial charge is 0.437 e. The molecule has 0 saturated carbocycles. The van der Waals surface area contributed by atoms with Gasteiger partial charge in [-0.1, -0.05) is 12.1 Å². The second-order valence-corrected chi connectivity index (χ2v) is 7.35. The summed E-state index contributed by atoms with van der Waals surface area (Å²) in [5, 5.41) is 0. The summed E-state index contributed by atoms with van der Waals surface area (Å²) >= 11 is 0. The monoisotopic (exact) mass is 418 g/mol. The molecule has 2 aromatic carbocycles. The maximum atomic E-state index is 15.4. The molecule has 31 heavy (non-hydrogen) atoms. The van der Waals surface area contributed by atoms with Crippen molar-refractivity contribution in [1.82, 2.24) is 19.9 Å². The number of hydrogen-bond acceptors (Lipinski definition) is 6. The van der Waals surface area contributed by atoms with Gasteiger partial charge in [0.2, 0.25) is 11.7 Å². The number of nitrogens with one attached hydrogen (secondary N) is 1. The Kier molecular flexibility index (Phi) is 4.91. The molecule has 1 N–H and O–H groups in total. The third-order valence-electron chi connectivity index (χ3n) is 5.31. The fourth-order valence-electron chi connectivity index (χ4n) is 3.62. The molecule has 5 rings (SSSR count).